The number of aromatic amines is 1. The Morgan fingerprint density at radius 3 is 1.80 bits per heavy atom. The van der Waals surface area contributed by atoms with Gasteiger partial charge in [0, 0.05) is 50.0 Å². The van der Waals surface area contributed by atoms with Crippen molar-refractivity contribution in [2.45, 2.75) is 89.1 Å². The van der Waals surface area contributed by atoms with Gasteiger partial charge in [-0.05, 0) is 48.3 Å². The number of phosphoric ester groups is 1. The molecule has 0 spiro atoms. The highest BCUT2D eigenvalue weighted by Crippen LogP contribution is 2.64. The molecule has 2 saturated heterocycles. The van der Waals surface area contributed by atoms with E-state index >= 15 is 4.57 Å². The first-order chi connectivity index (χ1) is 49.5. The van der Waals surface area contributed by atoms with Crippen molar-refractivity contribution in [3.63, 3.8) is 0 Å². The summed E-state index contributed by atoms with van der Waals surface area (Å²) in [5.74, 6) is -3.08. The quantitative estimate of drug-likeness (QED) is 0.0170. The van der Waals surface area contributed by atoms with Gasteiger partial charge in [0.1, 0.15) is 75.0 Å². The summed E-state index contributed by atoms with van der Waals surface area (Å²) >= 11 is 0.808. The monoisotopic (exact) mass is 1510 g/mol. The molecule has 7 rings (SSSR count). The fourth-order valence-corrected chi connectivity index (χ4v) is 13.8. The molecule has 13 N–H and O–H groups in total. The number of carbonyl (C=O) groups excluding carboxylic acids is 6. The lowest BCUT2D eigenvalue weighted by Gasteiger charge is -2.25. The number of H-pyrrole nitrogens is 1. The molecule has 572 valence electrons. The van der Waals surface area contributed by atoms with Gasteiger partial charge in [-0.25, -0.2) is 34.0 Å². The Balaban J connectivity index is 0.761. The van der Waals surface area contributed by atoms with E-state index in [9.17, 15) is 47.9 Å². The summed E-state index contributed by atoms with van der Waals surface area (Å²) in [6.07, 6.45) is 1.09. The minimum absolute atomic E-state index is 0.00141. The summed E-state index contributed by atoms with van der Waals surface area (Å²) in [7, 11) is -5.05. The zero-order valence-corrected chi connectivity index (χ0v) is 60.1. The van der Waals surface area contributed by atoms with Crippen LogP contribution in [0.2, 0.25) is 0 Å². The van der Waals surface area contributed by atoms with Crippen LogP contribution in [-0.2, 0) is 105 Å². The molecule has 4 aromatic heterocycles. The van der Waals surface area contributed by atoms with Crippen molar-refractivity contribution < 1.29 is 109 Å². The summed E-state index contributed by atoms with van der Waals surface area (Å²) in [4.78, 5) is 131. The fourth-order valence-electron chi connectivity index (χ4n) is 10.0. The maximum absolute atomic E-state index is 15.2. The predicted molar refractivity (Wildman–Crippen MR) is 366 cm³/mol. The first kappa shape index (κ1) is 83.2. The highest BCUT2D eigenvalue weighted by molar-refractivity contribution is 8.54. The van der Waals surface area contributed by atoms with Gasteiger partial charge in [0.25, 0.3) is 5.56 Å². The molecule has 6 amide bonds. The number of carbonyl (C=O) groups is 6. The molecule has 2 aliphatic heterocycles. The van der Waals surface area contributed by atoms with Crippen molar-refractivity contribution in [3.05, 3.63) is 65.5 Å². The number of imidazole rings is 2. The van der Waals surface area contributed by atoms with Gasteiger partial charge in [-0.3, -0.25) is 56.3 Å². The van der Waals surface area contributed by atoms with Gasteiger partial charge < -0.3 is 106 Å². The molecule has 40 nitrogen and oxygen atoms in total. The van der Waals surface area contributed by atoms with Crippen LogP contribution in [0.25, 0.3) is 22.3 Å². The van der Waals surface area contributed by atoms with Crippen molar-refractivity contribution in [2.75, 3.05) is 156 Å². The number of nitrogens with zero attached hydrogens (tertiary/aromatic N) is 7. The van der Waals surface area contributed by atoms with Crippen LogP contribution >= 0.6 is 26.0 Å². The number of hydrogen-bond acceptors (Lipinski definition) is 30. The summed E-state index contributed by atoms with van der Waals surface area (Å²) in [6, 6.07) is 4.39. The number of nitrogens with one attached hydrogen (secondary N) is 7. The van der Waals surface area contributed by atoms with E-state index in [-0.39, 0.29) is 158 Å². The Hall–Kier alpha value is -7.09. The second-order valence-corrected chi connectivity index (χ2v) is 28.8. The Labute approximate surface area is 595 Å². The van der Waals surface area contributed by atoms with Gasteiger partial charge in [-0.15, -0.1) is 0 Å². The largest absolute Gasteiger partial charge is 0.469 e. The summed E-state index contributed by atoms with van der Waals surface area (Å²) in [5, 5.41) is 16.0. The first-order valence-electron chi connectivity index (χ1n) is 33.0. The van der Waals surface area contributed by atoms with Crippen LogP contribution in [0.3, 0.4) is 0 Å². The van der Waals surface area contributed by atoms with Crippen LogP contribution in [0.1, 0.15) is 58.6 Å². The number of nitrogen functional groups attached to an aromatic ring is 1. The van der Waals surface area contributed by atoms with Crippen molar-refractivity contribution in [2.24, 2.45) is 17.6 Å². The summed E-state index contributed by atoms with van der Waals surface area (Å²) in [6.45, 7) is 4.45. The van der Waals surface area contributed by atoms with E-state index in [2.05, 4.69) is 61.8 Å². The number of aromatic nitrogens is 8. The Morgan fingerprint density at radius 1 is 0.660 bits per heavy atom. The molecule has 0 aliphatic carbocycles. The van der Waals surface area contributed by atoms with Crippen LogP contribution in [-0.4, -0.2) is 260 Å². The number of fused-ring (bicyclic) bond motifs is 2. The van der Waals surface area contributed by atoms with Crippen molar-refractivity contribution in [1.29, 1.82) is 0 Å². The smallest absolute Gasteiger partial charge is 0.382 e. The molecule has 2 fully saturated rings. The predicted octanol–water partition coefficient (Wildman–Crippen LogP) is -0.671. The highest BCUT2D eigenvalue weighted by atomic mass is 32.7. The molecule has 43 heteroatoms. The molecular weight excluding hydrogens is 1420 g/mol. The second-order valence-electron chi connectivity index (χ2n) is 23.5. The maximum atomic E-state index is 15.2. The molecular formula is C60H92N16O24P2S. The third kappa shape index (κ3) is 28.7. The standard InChI is InChI=1S/C60H92N16O24P2S/c1-38(2)51(74-49(80)32-95-24-20-91-16-12-65-48(79)31-94-23-19-90-15-11-64-47(78)30-93-22-18-89-14-10-63-46(77)29-92-21-17-88-13-9-61)59(83)72-40(4)57(81)73-42-7-5-41(6-8-42)33-103-102(87,97-27-43-25-39(3)60(98-43)76-37-70-52-54(62)66-34-67-55(52)76)100-44-26-50(99-45(44)28-96-101(84,85)86)75-36-71-53-56(75)68-35-69-58(53)82/h5-8,34-40,43-45,50-51,60H,9-33,61H2,1-4H3,(H,63,77)(H,64,78)(H,65,79)(H,72,83)(H,73,81)(H,74,80)(H2,62,66,67)(H,68,69,82)(H2,84,85,86)/t39-,40+,43+,44?,45-,50-,51+,60-,102?/m1/s1. The first-order valence-corrected chi connectivity index (χ1v) is 37.7. The van der Waals surface area contributed by atoms with E-state index < -0.39 is 99.9 Å². The minimum Gasteiger partial charge on any atom is -0.382 e. The topological polar surface area (TPSA) is 528 Å². The molecule has 5 aromatic rings. The molecule has 103 heavy (non-hydrogen) atoms. The lowest BCUT2D eigenvalue weighted by molar-refractivity contribution is -0.133. The van der Waals surface area contributed by atoms with Gasteiger partial charge in [0.15, 0.2) is 22.6 Å². The number of amides is 6. The molecule has 2 unspecified atom stereocenters. The molecule has 2 aliphatic rings. The molecule has 0 bridgehead atoms. The van der Waals surface area contributed by atoms with Crippen molar-refractivity contribution >= 4 is 95.3 Å². The fraction of sp³-hybridized carbons (Fsp3) is 0.633. The van der Waals surface area contributed by atoms with Crippen molar-refractivity contribution in [1.82, 2.24) is 65.6 Å². The maximum Gasteiger partial charge on any atom is 0.469 e. The van der Waals surface area contributed by atoms with Crippen molar-refractivity contribution in [3.8, 4) is 0 Å². The Morgan fingerprint density at radius 2 is 1.21 bits per heavy atom. The van der Waals surface area contributed by atoms with Crippen LogP contribution in [0.4, 0.5) is 11.5 Å². The molecule has 9 atom stereocenters. The summed E-state index contributed by atoms with van der Waals surface area (Å²) < 4.78 is 103. The third-order valence-electron chi connectivity index (χ3n) is 15.1. The average molecular weight is 1520 g/mol. The van der Waals surface area contributed by atoms with E-state index in [1.807, 2.05) is 6.92 Å². The molecule has 6 heterocycles. The zero-order chi connectivity index (χ0) is 74.2. The second kappa shape index (κ2) is 43.4. The van der Waals surface area contributed by atoms with Gasteiger partial charge in [0.05, 0.1) is 118 Å². The van der Waals surface area contributed by atoms with E-state index in [4.69, 9.17) is 72.4 Å². The van der Waals surface area contributed by atoms with Gasteiger partial charge in [0.2, 0.25) is 35.4 Å². The van der Waals surface area contributed by atoms with Crippen LogP contribution in [0.5, 0.6) is 0 Å². The molecule has 1 aromatic carbocycles. The van der Waals surface area contributed by atoms with Gasteiger partial charge in [-0.1, -0.05) is 32.9 Å². The highest BCUT2D eigenvalue weighted by Gasteiger charge is 2.45. The van der Waals surface area contributed by atoms with Gasteiger partial charge in [-0.2, -0.15) is 0 Å². The van der Waals surface area contributed by atoms with E-state index in [0.717, 1.165) is 11.4 Å². The number of ether oxygens (including phenoxy) is 10. The normalized spacial score (nSPS) is 18.8. The van der Waals surface area contributed by atoms with Crippen LogP contribution < -0.4 is 48.9 Å². The number of hydrogen-bond donors (Lipinski definition) is 11. The summed E-state index contributed by atoms with van der Waals surface area (Å²) in [5.41, 5.74) is 12.8. The van der Waals surface area contributed by atoms with E-state index in [0.29, 0.717) is 55.1 Å². The van der Waals surface area contributed by atoms with Crippen LogP contribution in [0.15, 0.2) is 54.4 Å². The lowest BCUT2D eigenvalue weighted by Crippen LogP contribution is -2.54. The molecule has 0 radical (unpaired) electrons. The zero-order valence-electron chi connectivity index (χ0n) is 57.5. The number of phosphoric acid groups is 1. The number of anilines is 2. The number of rotatable bonds is 50. The van der Waals surface area contributed by atoms with E-state index in [1.54, 1.807) is 49.0 Å². The average Bonchev–Trinajstić information content (AvgIpc) is 1.64. The Bertz CT molecular complexity index is 3650. The lowest BCUT2D eigenvalue weighted by atomic mass is 10.0. The number of benzene rings is 1. The van der Waals surface area contributed by atoms with E-state index in [1.165, 1.54) is 30.5 Å². The van der Waals surface area contributed by atoms with Gasteiger partial charge >= 0.3 is 14.6 Å². The Kier molecular flexibility index (Phi) is 35.0. The number of nitrogens with two attached hydrogens (primary N) is 2. The van der Waals surface area contributed by atoms with Crippen LogP contribution in [0, 0.1) is 11.8 Å². The SMILES string of the molecule is CC(C)[C@H](NC(=O)COCCOCCNC(=O)COCCOCCNC(=O)COCCOCCNC(=O)COCCOCCN)C(=O)N[C@@H](C)C(=O)Nc1ccc(CSP(=O)(OC[C@@H]2C[C@@H](C)[C@H](n3cnc4c(N)ncnc43)O2)OC2C[C@H](n3cnc4c(=O)[nH]cnc43)O[C@@H]2COP(=O)(O)O)cc1. The minimum atomic E-state index is -5.05. The third-order valence-corrected chi connectivity index (χ3v) is 19.2. The molecule has 0 saturated carbocycles.